The van der Waals surface area contributed by atoms with Crippen molar-refractivity contribution in [1.82, 2.24) is 4.98 Å². The van der Waals surface area contributed by atoms with Gasteiger partial charge in [0.25, 0.3) is 0 Å². The monoisotopic (exact) mass is 704 g/mol. The van der Waals surface area contributed by atoms with Crippen LogP contribution in [-0.4, -0.2) is 12.3 Å². The van der Waals surface area contributed by atoms with Crippen molar-refractivity contribution < 1.29 is 4.42 Å². The van der Waals surface area contributed by atoms with Crippen LogP contribution in [0, 0.1) is 13.8 Å². The van der Waals surface area contributed by atoms with E-state index in [-0.39, 0.29) is 10.8 Å². The summed E-state index contributed by atoms with van der Waals surface area (Å²) >= 11 is 1.85. The number of hydrogen-bond donors (Lipinski definition) is 1. The summed E-state index contributed by atoms with van der Waals surface area (Å²) in [6.07, 6.45) is 2.37. The van der Waals surface area contributed by atoms with E-state index < -0.39 is 0 Å². The zero-order valence-electron chi connectivity index (χ0n) is 31.2. The van der Waals surface area contributed by atoms with E-state index in [0.717, 1.165) is 23.8 Å². The molecule has 1 aliphatic carbocycles. The second kappa shape index (κ2) is 10.7. The average molecular weight is 705 g/mol. The fourth-order valence-corrected chi connectivity index (χ4v) is 10.9. The first-order valence-electron chi connectivity index (χ1n) is 19.0. The standard InChI is InChI=1S/C48H41BN2OS/c1-26-22-33(29-14-11-15-32-41-31-13-8-10-17-40(31)53-46(41)50-43(29)32)42-38(23-26)51(37-25-35-34(24-27(37)2)47(3,4)20-21-48(35,5)6)44-36(49-42)19-18-30-28-12-7-9-16-39(28)52-45(30)44/h7-19,22-25,49-50H,20-21H2,1-6H3. The van der Waals surface area contributed by atoms with Gasteiger partial charge in [0.05, 0.1) is 11.2 Å². The van der Waals surface area contributed by atoms with Gasteiger partial charge in [-0.3, -0.25) is 0 Å². The molecule has 3 nitrogen and oxygen atoms in total. The molecular weight excluding hydrogens is 663 g/mol. The third kappa shape index (κ3) is 4.35. The fourth-order valence-electron chi connectivity index (χ4n) is 9.77. The lowest BCUT2D eigenvalue weighted by molar-refractivity contribution is 0.332. The molecule has 4 heterocycles. The second-order valence-corrected chi connectivity index (χ2v) is 18.0. The topological polar surface area (TPSA) is 32.2 Å². The number of H-pyrrole nitrogens is 1. The van der Waals surface area contributed by atoms with E-state index in [4.69, 9.17) is 4.42 Å². The van der Waals surface area contributed by atoms with Crippen molar-refractivity contribution in [1.29, 1.82) is 0 Å². The molecule has 0 atom stereocenters. The van der Waals surface area contributed by atoms with Crippen molar-refractivity contribution in [2.24, 2.45) is 0 Å². The van der Waals surface area contributed by atoms with E-state index in [0.29, 0.717) is 0 Å². The lowest BCUT2D eigenvalue weighted by Gasteiger charge is -2.43. The van der Waals surface area contributed by atoms with Gasteiger partial charge in [-0.2, -0.15) is 0 Å². The summed E-state index contributed by atoms with van der Waals surface area (Å²) in [5, 5.41) is 6.28. The van der Waals surface area contributed by atoms with Crippen LogP contribution < -0.4 is 15.8 Å². The number of anilines is 3. The number of aryl methyl sites for hydroxylation is 2. The number of para-hydroxylation sites is 2. The molecule has 5 heteroatoms. The summed E-state index contributed by atoms with van der Waals surface area (Å²) in [5.74, 6) is 0. The molecule has 2 aliphatic rings. The molecule has 0 fully saturated rings. The predicted molar refractivity (Wildman–Crippen MR) is 230 cm³/mol. The minimum atomic E-state index is 0.0815. The number of benzene rings is 6. The Kier molecular flexibility index (Phi) is 6.30. The van der Waals surface area contributed by atoms with Crippen molar-refractivity contribution in [2.45, 2.75) is 65.2 Å². The predicted octanol–water partition coefficient (Wildman–Crippen LogP) is 12.2. The molecule has 3 aromatic heterocycles. The van der Waals surface area contributed by atoms with Gasteiger partial charge in [-0.15, -0.1) is 11.3 Å². The number of nitrogens with one attached hydrogen (secondary N) is 1. The van der Waals surface area contributed by atoms with Crippen molar-refractivity contribution in [3.63, 3.8) is 0 Å². The van der Waals surface area contributed by atoms with E-state index in [1.54, 1.807) is 0 Å². The number of furan rings is 1. The van der Waals surface area contributed by atoms with Crippen molar-refractivity contribution in [3.05, 3.63) is 125 Å². The summed E-state index contributed by atoms with van der Waals surface area (Å²) in [6.45, 7) is 14.3. The van der Waals surface area contributed by atoms with Crippen LogP contribution in [0.3, 0.4) is 0 Å². The summed E-state index contributed by atoms with van der Waals surface area (Å²) in [6, 6.07) is 38.6. The normalized spacial score (nSPS) is 16.0. The number of rotatable bonds is 2. The molecule has 11 rings (SSSR count). The Morgan fingerprint density at radius 3 is 2.26 bits per heavy atom. The van der Waals surface area contributed by atoms with Crippen LogP contribution in [-0.2, 0) is 10.8 Å². The molecule has 0 unspecified atom stereocenters. The molecule has 9 aromatic rings. The van der Waals surface area contributed by atoms with Gasteiger partial charge in [0.15, 0.2) is 12.9 Å². The first-order chi connectivity index (χ1) is 25.6. The van der Waals surface area contributed by atoms with E-state index in [2.05, 4.69) is 155 Å². The van der Waals surface area contributed by atoms with Crippen LogP contribution in [0.1, 0.15) is 62.8 Å². The number of nitrogens with zero attached hydrogens (tertiary/aromatic N) is 1. The van der Waals surface area contributed by atoms with Gasteiger partial charge >= 0.3 is 0 Å². The highest BCUT2D eigenvalue weighted by atomic mass is 32.1. The van der Waals surface area contributed by atoms with Gasteiger partial charge in [0, 0.05) is 48.6 Å². The van der Waals surface area contributed by atoms with Gasteiger partial charge < -0.3 is 14.3 Å². The third-order valence-electron chi connectivity index (χ3n) is 12.7. The van der Waals surface area contributed by atoms with Gasteiger partial charge in [0.2, 0.25) is 0 Å². The molecule has 258 valence electrons. The maximum absolute atomic E-state index is 6.86. The van der Waals surface area contributed by atoms with Gasteiger partial charge in [-0.05, 0) is 95.1 Å². The first kappa shape index (κ1) is 31.3. The zero-order chi connectivity index (χ0) is 36.0. The van der Waals surface area contributed by atoms with E-state index in [9.17, 15) is 0 Å². The van der Waals surface area contributed by atoms with Crippen LogP contribution in [0.5, 0.6) is 0 Å². The highest BCUT2D eigenvalue weighted by Gasteiger charge is 2.39. The maximum atomic E-state index is 6.86. The minimum absolute atomic E-state index is 0.0815. The molecule has 0 amide bonds. The lowest BCUT2D eigenvalue weighted by atomic mass is 9.57. The van der Waals surface area contributed by atoms with E-state index in [1.807, 2.05) is 11.3 Å². The van der Waals surface area contributed by atoms with Crippen LogP contribution in [0.2, 0.25) is 0 Å². The Balaban J connectivity index is 1.22. The summed E-state index contributed by atoms with van der Waals surface area (Å²) < 4.78 is 8.19. The zero-order valence-corrected chi connectivity index (χ0v) is 32.0. The summed E-state index contributed by atoms with van der Waals surface area (Å²) in [7, 11) is 0.820. The molecule has 0 spiro atoms. The maximum Gasteiger partial charge on any atom is 0.198 e. The Hall–Kier alpha value is -5.26. The second-order valence-electron chi connectivity index (χ2n) is 17.0. The summed E-state index contributed by atoms with van der Waals surface area (Å²) in [4.78, 5) is 7.73. The number of fused-ring (bicyclic) bond motifs is 12. The molecule has 53 heavy (non-hydrogen) atoms. The molecule has 0 radical (unpaired) electrons. The quantitative estimate of drug-likeness (QED) is 0.182. The number of thiophene rings is 1. The largest absolute Gasteiger partial charge is 0.454 e. The SMILES string of the molecule is Cc1cc(-c2cccc3c2[nH]c2sc4ccccc4c23)c2c(c1)N(c1cc3c(cc1C)C(C)(C)CCC3(C)C)c1c(ccc3c1oc1ccccc13)B2. The minimum Gasteiger partial charge on any atom is -0.454 e. The molecule has 1 N–H and O–H groups in total. The Labute approximate surface area is 314 Å². The van der Waals surface area contributed by atoms with Crippen LogP contribution in [0.4, 0.5) is 17.1 Å². The molecule has 0 saturated carbocycles. The first-order valence-corrected chi connectivity index (χ1v) is 19.8. The third-order valence-corrected chi connectivity index (χ3v) is 13.8. The average Bonchev–Trinajstić information content (AvgIpc) is 3.82. The Bertz CT molecular complexity index is 3030. The molecule has 1 aliphatic heterocycles. The van der Waals surface area contributed by atoms with Gasteiger partial charge in [0.1, 0.15) is 10.4 Å². The van der Waals surface area contributed by atoms with Gasteiger partial charge in [-0.25, -0.2) is 0 Å². The van der Waals surface area contributed by atoms with Crippen molar-refractivity contribution >= 4 is 99.7 Å². The molecule has 0 bridgehead atoms. The molecular formula is C48H41BN2OS. The Morgan fingerprint density at radius 2 is 1.43 bits per heavy atom. The highest BCUT2D eigenvalue weighted by molar-refractivity contribution is 7.25. The molecule has 6 aromatic carbocycles. The number of aromatic nitrogens is 1. The van der Waals surface area contributed by atoms with Crippen LogP contribution >= 0.6 is 11.3 Å². The number of hydrogen-bond acceptors (Lipinski definition) is 3. The molecule has 0 saturated heterocycles. The van der Waals surface area contributed by atoms with Crippen LogP contribution in [0.25, 0.3) is 64.3 Å². The van der Waals surface area contributed by atoms with Crippen LogP contribution in [0.15, 0.2) is 108 Å². The van der Waals surface area contributed by atoms with E-state index >= 15 is 0 Å². The smallest absolute Gasteiger partial charge is 0.198 e. The fraction of sp³-hybridized carbons (Fsp3) is 0.208. The number of aromatic amines is 1. The highest BCUT2D eigenvalue weighted by Crippen LogP contribution is 2.51. The van der Waals surface area contributed by atoms with Gasteiger partial charge in [-0.1, -0.05) is 112 Å². The van der Waals surface area contributed by atoms with E-state index in [1.165, 1.54) is 111 Å². The van der Waals surface area contributed by atoms with Crippen molar-refractivity contribution in [3.8, 4) is 11.1 Å². The lowest BCUT2D eigenvalue weighted by Crippen LogP contribution is -2.41. The Morgan fingerprint density at radius 1 is 0.698 bits per heavy atom. The van der Waals surface area contributed by atoms with Crippen molar-refractivity contribution in [2.75, 3.05) is 4.90 Å². The summed E-state index contributed by atoms with van der Waals surface area (Å²) in [5.41, 5.74) is 17.7.